The highest BCUT2D eigenvalue weighted by molar-refractivity contribution is 6.31. The number of aryl methyl sites for hydroxylation is 2. The monoisotopic (exact) mass is 456 g/mol. The number of hydrogen-bond acceptors (Lipinski definition) is 5. The highest BCUT2D eigenvalue weighted by atomic mass is 35.5. The first-order valence-electron chi connectivity index (χ1n) is 11.4. The van der Waals surface area contributed by atoms with Gasteiger partial charge in [0, 0.05) is 56.8 Å². The summed E-state index contributed by atoms with van der Waals surface area (Å²) in [5.41, 5.74) is 5.42. The highest BCUT2D eigenvalue weighted by Gasteiger charge is 2.22. The topological polar surface area (TPSA) is 57.2 Å². The van der Waals surface area contributed by atoms with Gasteiger partial charge in [0.1, 0.15) is 11.3 Å². The molecule has 32 heavy (non-hydrogen) atoms. The lowest BCUT2D eigenvalue weighted by Crippen LogP contribution is -2.45. The summed E-state index contributed by atoms with van der Waals surface area (Å²) in [5, 5.41) is 11.0. The Labute approximate surface area is 193 Å². The summed E-state index contributed by atoms with van der Waals surface area (Å²) >= 11 is 6.60. The van der Waals surface area contributed by atoms with Crippen LogP contribution in [0.3, 0.4) is 0 Å². The van der Waals surface area contributed by atoms with Crippen molar-refractivity contribution in [3.8, 4) is 0 Å². The molecule has 0 saturated carbocycles. The van der Waals surface area contributed by atoms with Crippen LogP contribution in [0.2, 0.25) is 5.02 Å². The maximum absolute atomic E-state index is 14.2. The second kappa shape index (κ2) is 8.89. The van der Waals surface area contributed by atoms with Crippen molar-refractivity contribution in [2.75, 3.05) is 56.0 Å². The van der Waals surface area contributed by atoms with Crippen molar-refractivity contribution in [2.24, 2.45) is 5.92 Å². The van der Waals surface area contributed by atoms with Crippen LogP contribution in [0.15, 0.2) is 24.3 Å². The molecule has 0 unspecified atom stereocenters. The summed E-state index contributed by atoms with van der Waals surface area (Å²) < 4.78 is 16.4. The summed E-state index contributed by atoms with van der Waals surface area (Å²) in [6, 6.07) is 7.87. The van der Waals surface area contributed by atoms with Crippen LogP contribution < -0.4 is 20.9 Å². The van der Waals surface area contributed by atoms with Crippen LogP contribution in [0.4, 0.5) is 16.0 Å². The molecule has 2 aliphatic rings. The Hall–Kier alpha value is -2.35. The Kier molecular flexibility index (Phi) is 5.97. The number of nitrogens with one attached hydrogen (secondary N) is 3. The van der Waals surface area contributed by atoms with Gasteiger partial charge in [-0.15, -0.1) is 0 Å². The second-order valence-electron chi connectivity index (χ2n) is 9.00. The Morgan fingerprint density at radius 1 is 1.09 bits per heavy atom. The molecule has 0 atom stereocenters. The first kappa shape index (κ1) is 21.5. The lowest BCUT2D eigenvalue weighted by atomic mass is 10.0. The van der Waals surface area contributed by atoms with Crippen LogP contribution in [0.5, 0.6) is 0 Å². The molecule has 3 aromatic rings. The van der Waals surface area contributed by atoms with Crippen molar-refractivity contribution in [1.82, 2.24) is 20.2 Å². The molecular formula is C24H30ClFN6. The molecule has 8 heteroatoms. The van der Waals surface area contributed by atoms with E-state index >= 15 is 0 Å². The number of hydrogen-bond donors (Lipinski definition) is 3. The van der Waals surface area contributed by atoms with E-state index in [9.17, 15) is 4.39 Å². The summed E-state index contributed by atoms with van der Waals surface area (Å²) in [4.78, 5) is 7.41. The number of piperazine rings is 1. The molecule has 3 heterocycles. The van der Waals surface area contributed by atoms with Gasteiger partial charge in [0.15, 0.2) is 0 Å². The van der Waals surface area contributed by atoms with Gasteiger partial charge in [0.05, 0.1) is 17.7 Å². The molecule has 6 nitrogen and oxygen atoms in total. The van der Waals surface area contributed by atoms with Gasteiger partial charge in [-0.05, 0) is 42.7 Å². The molecule has 170 valence electrons. The van der Waals surface area contributed by atoms with Crippen LogP contribution in [0.25, 0.3) is 11.0 Å². The smallest absolute Gasteiger partial charge is 0.204 e. The van der Waals surface area contributed by atoms with Crippen LogP contribution >= 0.6 is 11.6 Å². The molecule has 0 amide bonds. The summed E-state index contributed by atoms with van der Waals surface area (Å²) in [6.07, 6.45) is 0. The van der Waals surface area contributed by atoms with E-state index in [-0.39, 0.29) is 5.82 Å². The number of rotatable bonds is 6. The average Bonchev–Trinajstić information content (AvgIpc) is 3.08. The summed E-state index contributed by atoms with van der Waals surface area (Å²) in [6.45, 7) is 10.9. The van der Waals surface area contributed by atoms with E-state index in [1.807, 2.05) is 38.1 Å². The minimum atomic E-state index is -0.135. The Balaban J connectivity index is 1.58. The minimum Gasteiger partial charge on any atom is -0.367 e. The molecule has 0 radical (unpaired) electrons. The number of halogens is 2. The zero-order valence-corrected chi connectivity index (χ0v) is 19.4. The number of aromatic nitrogens is 2. The zero-order chi connectivity index (χ0) is 22.2. The van der Waals surface area contributed by atoms with Crippen molar-refractivity contribution >= 4 is 34.3 Å². The van der Waals surface area contributed by atoms with Crippen LogP contribution in [0.1, 0.15) is 16.7 Å². The van der Waals surface area contributed by atoms with E-state index in [1.54, 1.807) is 0 Å². The number of benzene rings is 2. The van der Waals surface area contributed by atoms with Crippen LogP contribution in [-0.4, -0.2) is 55.4 Å². The fraction of sp³-hybridized carbons (Fsp3) is 0.458. The lowest BCUT2D eigenvalue weighted by molar-refractivity contribution is 0.364. The molecule has 1 aromatic heterocycles. The number of fused-ring (bicyclic) bond motifs is 1. The predicted octanol–water partition coefficient (Wildman–Crippen LogP) is 3.53. The first-order valence-corrected chi connectivity index (χ1v) is 11.7. The molecule has 0 bridgehead atoms. The van der Waals surface area contributed by atoms with Gasteiger partial charge in [-0.25, -0.2) is 9.37 Å². The molecule has 3 N–H and O–H groups in total. The van der Waals surface area contributed by atoms with E-state index in [0.717, 1.165) is 74.0 Å². The quantitative estimate of drug-likeness (QED) is 0.529. The number of nitrogens with zero attached hydrogens (tertiary/aromatic N) is 3. The number of anilines is 2. The molecule has 2 saturated heterocycles. The van der Waals surface area contributed by atoms with Crippen LogP contribution in [-0.2, 0) is 6.54 Å². The minimum absolute atomic E-state index is 0.135. The van der Waals surface area contributed by atoms with Gasteiger partial charge >= 0.3 is 0 Å². The Bertz CT molecular complexity index is 1110. The molecular weight excluding hydrogens is 427 g/mol. The molecule has 2 fully saturated rings. The van der Waals surface area contributed by atoms with Gasteiger partial charge in [0.25, 0.3) is 0 Å². The average molecular weight is 457 g/mol. The van der Waals surface area contributed by atoms with E-state index in [0.29, 0.717) is 28.6 Å². The maximum Gasteiger partial charge on any atom is 0.204 e. The molecule has 2 aromatic carbocycles. The third kappa shape index (κ3) is 4.17. The SMILES string of the molecule is Cc1cc(Cn2c(NCC3CNC3)nc3c(N4CCNCC4)cc(Cl)cc32)cc(C)c1F. The second-order valence-corrected chi connectivity index (χ2v) is 9.44. The van der Waals surface area contributed by atoms with E-state index in [1.165, 1.54) is 0 Å². The summed E-state index contributed by atoms with van der Waals surface area (Å²) in [5.74, 6) is 1.31. The van der Waals surface area contributed by atoms with Crippen molar-refractivity contribution in [3.05, 3.63) is 51.8 Å². The van der Waals surface area contributed by atoms with E-state index in [4.69, 9.17) is 16.6 Å². The van der Waals surface area contributed by atoms with Gasteiger partial charge in [-0.2, -0.15) is 0 Å². The fourth-order valence-corrected chi connectivity index (χ4v) is 4.86. The van der Waals surface area contributed by atoms with E-state index < -0.39 is 0 Å². The highest BCUT2D eigenvalue weighted by Crippen LogP contribution is 2.34. The molecule has 0 spiro atoms. The first-order chi connectivity index (χ1) is 15.5. The van der Waals surface area contributed by atoms with Gasteiger partial charge < -0.3 is 25.4 Å². The van der Waals surface area contributed by atoms with Gasteiger partial charge in [-0.1, -0.05) is 23.7 Å². The normalized spacial score (nSPS) is 17.1. The third-order valence-corrected chi connectivity index (χ3v) is 6.73. The van der Waals surface area contributed by atoms with Crippen molar-refractivity contribution in [1.29, 1.82) is 0 Å². The Morgan fingerprint density at radius 3 is 2.47 bits per heavy atom. The fourth-order valence-electron chi connectivity index (χ4n) is 4.65. The molecule has 2 aliphatic heterocycles. The number of imidazole rings is 1. The van der Waals surface area contributed by atoms with E-state index in [2.05, 4.69) is 25.4 Å². The van der Waals surface area contributed by atoms with Crippen LogP contribution in [0, 0.1) is 25.6 Å². The third-order valence-electron chi connectivity index (χ3n) is 6.51. The maximum atomic E-state index is 14.2. The predicted molar refractivity (Wildman–Crippen MR) is 130 cm³/mol. The van der Waals surface area contributed by atoms with Gasteiger partial charge in [-0.3, -0.25) is 0 Å². The summed E-state index contributed by atoms with van der Waals surface area (Å²) in [7, 11) is 0. The van der Waals surface area contributed by atoms with Crippen molar-refractivity contribution in [3.63, 3.8) is 0 Å². The Morgan fingerprint density at radius 2 is 1.81 bits per heavy atom. The van der Waals surface area contributed by atoms with Crippen molar-refractivity contribution in [2.45, 2.75) is 20.4 Å². The standard InChI is InChI=1S/C24H30ClFN6/c1-15-7-17(8-16(2)22(15)26)14-32-21-10-19(25)9-20(31-5-3-27-4-6-31)23(21)30-24(32)29-13-18-11-28-12-18/h7-10,18,27-28H,3-6,11-14H2,1-2H3,(H,29,30). The van der Waals surface area contributed by atoms with Gasteiger partial charge in [0.2, 0.25) is 5.95 Å². The largest absolute Gasteiger partial charge is 0.367 e. The zero-order valence-electron chi connectivity index (χ0n) is 18.6. The lowest BCUT2D eigenvalue weighted by Gasteiger charge is -2.29. The molecule has 5 rings (SSSR count). The molecule has 0 aliphatic carbocycles. The van der Waals surface area contributed by atoms with Crippen molar-refractivity contribution < 1.29 is 4.39 Å².